The summed E-state index contributed by atoms with van der Waals surface area (Å²) in [6.07, 6.45) is 6.10. The Morgan fingerprint density at radius 3 is 2.78 bits per heavy atom. The first-order valence-corrected chi connectivity index (χ1v) is 14.4. The number of amides is 2. The number of nitrogens with zero attached hydrogens (tertiary/aromatic N) is 5. The number of thiazole rings is 1. The lowest BCUT2D eigenvalue weighted by Crippen LogP contribution is -2.62. The number of hydrogen-bond acceptors (Lipinski definition) is 10. The number of aromatic nitrogens is 3. The third-order valence-corrected chi connectivity index (χ3v) is 8.65. The molecular weight excluding hydrogens is 510 g/mol. The average Bonchev–Trinajstić information content (AvgIpc) is 3.50. The highest BCUT2D eigenvalue weighted by Gasteiger charge is 2.50. The Hall–Kier alpha value is -3.12. The van der Waals surface area contributed by atoms with Crippen molar-refractivity contribution in [2.75, 3.05) is 56.2 Å². The number of benzene rings is 1. The number of thioether (sulfide) groups is 1. The molecule has 1 unspecified atom stereocenters. The minimum atomic E-state index is -0.424. The summed E-state index contributed by atoms with van der Waals surface area (Å²) < 4.78 is 6.26. The van der Waals surface area contributed by atoms with Gasteiger partial charge >= 0.3 is 6.09 Å². The molecular formula is C25H31N7O3S2. The first kappa shape index (κ1) is 25.5. The van der Waals surface area contributed by atoms with Gasteiger partial charge in [-0.25, -0.2) is 19.7 Å². The zero-order valence-corrected chi connectivity index (χ0v) is 22.8. The number of ether oxygens (including phenoxy) is 1. The third-order valence-electron chi connectivity index (χ3n) is 6.99. The van der Waals surface area contributed by atoms with Crippen LogP contribution in [0.3, 0.4) is 0 Å². The predicted molar refractivity (Wildman–Crippen MR) is 147 cm³/mol. The molecule has 5 rings (SSSR count). The molecule has 196 valence electrons. The van der Waals surface area contributed by atoms with Crippen LogP contribution in [0.15, 0.2) is 35.5 Å². The molecule has 2 saturated heterocycles. The molecule has 1 aromatic carbocycles. The highest BCUT2D eigenvalue weighted by molar-refractivity contribution is 7.98. The van der Waals surface area contributed by atoms with Crippen LogP contribution in [-0.2, 0) is 4.74 Å². The lowest BCUT2D eigenvalue weighted by atomic mass is 9.92. The molecule has 3 aromatic rings. The molecule has 2 fully saturated rings. The number of piperazine rings is 1. The number of rotatable bonds is 9. The molecule has 0 spiro atoms. The van der Waals surface area contributed by atoms with E-state index in [1.807, 2.05) is 48.7 Å². The second kappa shape index (κ2) is 10.7. The van der Waals surface area contributed by atoms with Gasteiger partial charge in [0.2, 0.25) is 5.95 Å². The fourth-order valence-electron chi connectivity index (χ4n) is 4.67. The normalized spacial score (nSPS) is 20.0. The molecule has 4 heterocycles. The molecule has 0 radical (unpaired) electrons. The Kier molecular flexibility index (Phi) is 7.38. The molecule has 2 N–H and O–H groups in total. The Labute approximate surface area is 224 Å². The lowest BCUT2D eigenvalue weighted by molar-refractivity contribution is 0.0362. The summed E-state index contributed by atoms with van der Waals surface area (Å²) in [5, 5.41) is 7.52. The standard InChI is InChI=1S/C25H31N7O3S2/c1-4-25-14-31(7-8-32(25)24(34)35-15-25)21(33)17-5-6-19-20(9-17)37-23(30-19)29-11-16(2)10-26-22-27-12-18(36-3)13-28-22/h5-6,9,12-13,16H,4,7-8,10-11,14-15H2,1-3H3,(H,29,30)(H,26,27,28)/t16-,25?/m0/s1. The number of hydrogen-bond donors (Lipinski definition) is 2. The number of fused-ring (bicyclic) bond motifs is 2. The van der Waals surface area contributed by atoms with Crippen molar-refractivity contribution in [2.24, 2.45) is 5.92 Å². The van der Waals surface area contributed by atoms with E-state index >= 15 is 0 Å². The number of nitrogens with one attached hydrogen (secondary N) is 2. The van der Waals surface area contributed by atoms with Crippen molar-refractivity contribution < 1.29 is 14.3 Å². The Morgan fingerprint density at radius 2 is 2.03 bits per heavy atom. The van der Waals surface area contributed by atoms with Crippen LogP contribution in [0, 0.1) is 5.92 Å². The number of anilines is 2. The molecule has 2 aliphatic heterocycles. The van der Waals surface area contributed by atoms with E-state index in [4.69, 9.17) is 4.74 Å². The average molecular weight is 542 g/mol. The minimum Gasteiger partial charge on any atom is -0.447 e. The second-order valence-corrected chi connectivity index (χ2v) is 11.4. The van der Waals surface area contributed by atoms with Gasteiger partial charge in [-0.05, 0) is 36.8 Å². The van der Waals surface area contributed by atoms with Gasteiger partial charge in [-0.2, -0.15) is 0 Å². The van der Waals surface area contributed by atoms with E-state index in [1.54, 1.807) is 28.0 Å². The molecule has 2 atom stereocenters. The maximum atomic E-state index is 13.4. The van der Waals surface area contributed by atoms with Gasteiger partial charge in [0.1, 0.15) is 6.61 Å². The Morgan fingerprint density at radius 1 is 1.24 bits per heavy atom. The Bertz CT molecular complexity index is 1290. The first-order valence-electron chi connectivity index (χ1n) is 12.4. The zero-order valence-electron chi connectivity index (χ0n) is 21.2. The number of carbonyl (C=O) groups excluding carboxylic acids is 2. The molecule has 37 heavy (non-hydrogen) atoms. The van der Waals surface area contributed by atoms with E-state index in [0.717, 1.165) is 39.8 Å². The third kappa shape index (κ3) is 5.30. The van der Waals surface area contributed by atoms with E-state index in [1.165, 1.54) is 0 Å². The summed E-state index contributed by atoms with van der Waals surface area (Å²) >= 11 is 3.16. The van der Waals surface area contributed by atoms with Crippen LogP contribution in [0.25, 0.3) is 10.2 Å². The van der Waals surface area contributed by atoms with Gasteiger partial charge in [-0.1, -0.05) is 25.2 Å². The van der Waals surface area contributed by atoms with Crippen molar-refractivity contribution in [3.63, 3.8) is 0 Å². The second-order valence-electron chi connectivity index (χ2n) is 9.53. The van der Waals surface area contributed by atoms with Crippen LogP contribution >= 0.6 is 23.1 Å². The highest BCUT2D eigenvalue weighted by Crippen LogP contribution is 2.33. The van der Waals surface area contributed by atoms with Crippen molar-refractivity contribution >= 4 is 56.4 Å². The van der Waals surface area contributed by atoms with Crippen LogP contribution in [-0.4, -0.2) is 87.9 Å². The van der Waals surface area contributed by atoms with Gasteiger partial charge in [-0.3, -0.25) is 9.69 Å². The zero-order chi connectivity index (χ0) is 26.0. The molecule has 10 nitrogen and oxygen atoms in total. The van der Waals surface area contributed by atoms with Gasteiger partial charge in [0.15, 0.2) is 5.13 Å². The highest BCUT2D eigenvalue weighted by atomic mass is 32.2. The van der Waals surface area contributed by atoms with E-state index in [2.05, 4.69) is 32.5 Å². The SMILES string of the molecule is CCC12COC(=O)N1CCN(C(=O)c1ccc3nc(NC[C@@H](C)CNc4ncc(SC)cn4)sc3c1)C2. The largest absolute Gasteiger partial charge is 0.447 e. The smallest absolute Gasteiger partial charge is 0.410 e. The maximum Gasteiger partial charge on any atom is 0.410 e. The van der Waals surface area contributed by atoms with Crippen LogP contribution < -0.4 is 10.6 Å². The van der Waals surface area contributed by atoms with Crippen LogP contribution in [0.5, 0.6) is 0 Å². The molecule has 0 bridgehead atoms. The minimum absolute atomic E-state index is 0.0240. The Balaban J connectivity index is 1.18. The lowest BCUT2D eigenvalue weighted by Gasteiger charge is -2.44. The van der Waals surface area contributed by atoms with Gasteiger partial charge in [0.05, 0.1) is 15.8 Å². The van der Waals surface area contributed by atoms with Gasteiger partial charge in [0.25, 0.3) is 5.91 Å². The van der Waals surface area contributed by atoms with Crippen LogP contribution in [0.4, 0.5) is 15.9 Å². The van der Waals surface area contributed by atoms with E-state index in [-0.39, 0.29) is 12.0 Å². The summed E-state index contributed by atoms with van der Waals surface area (Å²) in [4.78, 5) is 43.4. The van der Waals surface area contributed by atoms with Crippen LogP contribution in [0.2, 0.25) is 0 Å². The summed E-state index contributed by atoms with van der Waals surface area (Å²) in [6, 6.07) is 5.66. The van der Waals surface area contributed by atoms with Crippen molar-refractivity contribution in [2.45, 2.75) is 30.7 Å². The van der Waals surface area contributed by atoms with E-state index in [9.17, 15) is 9.59 Å². The van der Waals surface area contributed by atoms with Gasteiger partial charge < -0.3 is 20.3 Å². The molecule has 12 heteroatoms. The summed E-state index contributed by atoms with van der Waals surface area (Å²) in [5.41, 5.74) is 1.08. The quantitative estimate of drug-likeness (QED) is 0.388. The molecule has 0 saturated carbocycles. The topological polar surface area (TPSA) is 113 Å². The van der Waals surface area contributed by atoms with Crippen LogP contribution in [0.1, 0.15) is 30.6 Å². The van der Waals surface area contributed by atoms with Gasteiger partial charge in [-0.15, -0.1) is 11.8 Å². The maximum absolute atomic E-state index is 13.4. The van der Waals surface area contributed by atoms with Crippen molar-refractivity contribution in [1.82, 2.24) is 24.8 Å². The van der Waals surface area contributed by atoms with E-state index < -0.39 is 5.54 Å². The van der Waals surface area contributed by atoms with E-state index in [0.29, 0.717) is 43.7 Å². The van der Waals surface area contributed by atoms with Gasteiger partial charge in [0, 0.05) is 55.6 Å². The number of carbonyl (C=O) groups is 2. The van der Waals surface area contributed by atoms with Crippen molar-refractivity contribution in [3.8, 4) is 0 Å². The fraction of sp³-hybridized carbons (Fsp3) is 0.480. The predicted octanol–water partition coefficient (Wildman–Crippen LogP) is 4.03. The molecule has 2 amide bonds. The first-order chi connectivity index (χ1) is 17.9. The summed E-state index contributed by atoms with van der Waals surface area (Å²) in [5.74, 6) is 0.924. The molecule has 2 aliphatic rings. The summed E-state index contributed by atoms with van der Waals surface area (Å²) in [7, 11) is 0. The number of cyclic esters (lactones) is 1. The van der Waals surface area contributed by atoms with Crippen molar-refractivity contribution in [3.05, 3.63) is 36.2 Å². The fourth-order valence-corrected chi connectivity index (χ4v) is 5.89. The summed E-state index contributed by atoms with van der Waals surface area (Å²) in [6.45, 7) is 7.48. The van der Waals surface area contributed by atoms with Crippen molar-refractivity contribution in [1.29, 1.82) is 0 Å². The molecule has 0 aliphatic carbocycles. The molecule has 2 aromatic heterocycles. The monoisotopic (exact) mass is 541 g/mol.